The molecule has 2 N–H and O–H groups in total. The summed E-state index contributed by atoms with van der Waals surface area (Å²) in [5.41, 5.74) is -0.611. The van der Waals surface area contributed by atoms with Gasteiger partial charge in [0, 0.05) is 10.9 Å². The molecule has 1 heterocycles. The van der Waals surface area contributed by atoms with Crippen molar-refractivity contribution in [2.24, 2.45) is 0 Å². The van der Waals surface area contributed by atoms with Crippen molar-refractivity contribution in [2.45, 2.75) is 12.5 Å². The number of carbonyl (C=O) groups is 1. The second-order valence-corrected chi connectivity index (χ2v) is 5.95. The third kappa shape index (κ3) is 3.49. The highest BCUT2D eigenvalue weighted by atomic mass is 19.1. The molecule has 3 rings (SSSR count). The van der Waals surface area contributed by atoms with E-state index in [-0.39, 0.29) is 17.9 Å². The van der Waals surface area contributed by atoms with Gasteiger partial charge in [-0.05, 0) is 37.3 Å². The normalized spacial score (nSPS) is 13.4. The molecule has 6 heteroatoms. The Morgan fingerprint density at radius 3 is 2.72 bits per heavy atom. The van der Waals surface area contributed by atoms with E-state index in [1.165, 1.54) is 19.2 Å². The fraction of sp³-hybridized carbons (Fsp3) is 0.211. The topological polar surface area (TPSA) is 71.7 Å². The third-order valence-electron chi connectivity index (χ3n) is 3.96. The van der Waals surface area contributed by atoms with Gasteiger partial charge in [-0.3, -0.25) is 4.79 Å². The first-order chi connectivity index (χ1) is 11.9. The van der Waals surface area contributed by atoms with E-state index in [4.69, 9.17) is 9.15 Å². The number of aliphatic hydroxyl groups is 1. The van der Waals surface area contributed by atoms with Crippen molar-refractivity contribution in [3.63, 3.8) is 0 Å². The fourth-order valence-corrected chi connectivity index (χ4v) is 2.50. The van der Waals surface area contributed by atoms with Gasteiger partial charge in [-0.2, -0.15) is 0 Å². The first kappa shape index (κ1) is 17.0. The largest absolute Gasteiger partial charge is 0.494 e. The minimum Gasteiger partial charge on any atom is -0.494 e. The average molecular weight is 343 g/mol. The minimum atomic E-state index is -1.40. The molecular weight excluding hydrogens is 325 g/mol. The number of furan rings is 1. The van der Waals surface area contributed by atoms with Gasteiger partial charge in [-0.1, -0.05) is 18.2 Å². The quantitative estimate of drug-likeness (QED) is 0.746. The molecule has 1 atom stereocenters. The maximum Gasteiger partial charge on any atom is 0.251 e. The Hall–Kier alpha value is -2.86. The molecule has 0 aliphatic carbocycles. The molecule has 0 aliphatic heterocycles. The molecule has 0 bridgehead atoms. The van der Waals surface area contributed by atoms with Crippen molar-refractivity contribution in [3.8, 4) is 5.75 Å². The number of benzene rings is 2. The van der Waals surface area contributed by atoms with E-state index in [0.717, 1.165) is 11.5 Å². The highest BCUT2D eigenvalue weighted by Crippen LogP contribution is 2.27. The zero-order valence-corrected chi connectivity index (χ0v) is 13.9. The van der Waals surface area contributed by atoms with Gasteiger partial charge < -0.3 is 19.6 Å². The summed E-state index contributed by atoms with van der Waals surface area (Å²) in [5.74, 6) is -0.724. The number of hydrogen-bond acceptors (Lipinski definition) is 4. The molecule has 0 spiro atoms. The zero-order chi connectivity index (χ0) is 18.0. The molecule has 0 aliphatic rings. The number of methoxy groups -OCH3 is 1. The van der Waals surface area contributed by atoms with Crippen LogP contribution in [0.25, 0.3) is 11.0 Å². The van der Waals surface area contributed by atoms with E-state index in [9.17, 15) is 14.3 Å². The van der Waals surface area contributed by atoms with Crippen LogP contribution in [0.5, 0.6) is 5.75 Å². The van der Waals surface area contributed by atoms with Crippen molar-refractivity contribution in [2.75, 3.05) is 13.7 Å². The lowest BCUT2D eigenvalue weighted by Crippen LogP contribution is -2.38. The van der Waals surface area contributed by atoms with E-state index in [2.05, 4.69) is 5.32 Å². The van der Waals surface area contributed by atoms with Crippen LogP contribution in [0.3, 0.4) is 0 Å². The van der Waals surface area contributed by atoms with Gasteiger partial charge in [0.05, 0.1) is 13.7 Å². The highest BCUT2D eigenvalue weighted by Gasteiger charge is 2.28. The van der Waals surface area contributed by atoms with E-state index in [1.54, 1.807) is 19.1 Å². The molecule has 5 nitrogen and oxygen atoms in total. The first-order valence-electron chi connectivity index (χ1n) is 7.74. The van der Waals surface area contributed by atoms with Gasteiger partial charge in [0.2, 0.25) is 0 Å². The monoisotopic (exact) mass is 343 g/mol. The van der Waals surface area contributed by atoms with Gasteiger partial charge in [-0.15, -0.1) is 0 Å². The van der Waals surface area contributed by atoms with Gasteiger partial charge in [-0.25, -0.2) is 4.39 Å². The summed E-state index contributed by atoms with van der Waals surface area (Å²) < 4.78 is 24.2. The summed E-state index contributed by atoms with van der Waals surface area (Å²) in [6.45, 7) is 1.46. The maximum atomic E-state index is 13.7. The van der Waals surface area contributed by atoms with Crippen molar-refractivity contribution in [3.05, 3.63) is 65.7 Å². The van der Waals surface area contributed by atoms with Crippen molar-refractivity contribution < 1.29 is 23.4 Å². The number of nitrogens with one attached hydrogen (secondary N) is 1. The number of amides is 1. The van der Waals surface area contributed by atoms with Crippen LogP contribution >= 0.6 is 0 Å². The van der Waals surface area contributed by atoms with E-state index < -0.39 is 17.3 Å². The summed E-state index contributed by atoms with van der Waals surface area (Å²) in [6, 6.07) is 13.0. The highest BCUT2D eigenvalue weighted by molar-refractivity contribution is 5.94. The van der Waals surface area contributed by atoms with Crippen LogP contribution in [0.15, 0.2) is 52.9 Å². The van der Waals surface area contributed by atoms with Crippen LogP contribution in [-0.4, -0.2) is 24.7 Å². The fourth-order valence-electron chi connectivity index (χ4n) is 2.50. The molecular formula is C19H18FNO4. The number of hydrogen-bond donors (Lipinski definition) is 2. The van der Waals surface area contributed by atoms with Gasteiger partial charge in [0.1, 0.15) is 16.9 Å². The lowest BCUT2D eigenvalue weighted by Gasteiger charge is -2.21. The lowest BCUT2D eigenvalue weighted by atomic mass is 10.0. The predicted octanol–water partition coefficient (Wildman–Crippen LogP) is 3.22. The molecule has 0 saturated carbocycles. The molecule has 130 valence electrons. The number of carbonyl (C=O) groups excluding carboxylic acids is 1. The molecule has 2 aromatic carbocycles. The number of ether oxygens (including phenoxy) is 1. The van der Waals surface area contributed by atoms with E-state index in [0.29, 0.717) is 11.3 Å². The Morgan fingerprint density at radius 1 is 1.28 bits per heavy atom. The number of rotatable bonds is 5. The third-order valence-corrected chi connectivity index (χ3v) is 3.96. The Kier molecular flexibility index (Phi) is 4.46. The lowest BCUT2D eigenvalue weighted by molar-refractivity contribution is 0.0344. The Bertz CT molecular complexity index is 884. The molecule has 0 radical (unpaired) electrons. The van der Waals surface area contributed by atoms with Gasteiger partial charge in [0.15, 0.2) is 11.6 Å². The van der Waals surface area contributed by atoms with E-state index in [1.807, 2.05) is 18.2 Å². The standard InChI is InChI=1S/C19H18FNO4/c1-19(23,17-10-12-5-3-4-6-15(12)25-17)11-21-18(22)13-7-8-16(24-2)14(20)9-13/h3-10,23H,11H2,1-2H3,(H,21,22). The van der Waals surface area contributed by atoms with Crippen molar-refractivity contribution >= 4 is 16.9 Å². The summed E-state index contributed by atoms with van der Waals surface area (Å²) >= 11 is 0. The van der Waals surface area contributed by atoms with Crippen LogP contribution < -0.4 is 10.1 Å². The Morgan fingerprint density at radius 2 is 2.04 bits per heavy atom. The summed E-state index contributed by atoms with van der Waals surface area (Å²) in [6.07, 6.45) is 0. The maximum absolute atomic E-state index is 13.7. The Balaban J connectivity index is 1.72. The molecule has 0 saturated heterocycles. The number of fused-ring (bicyclic) bond motifs is 1. The molecule has 0 fully saturated rings. The smallest absolute Gasteiger partial charge is 0.251 e. The molecule has 3 aromatic rings. The zero-order valence-electron chi connectivity index (χ0n) is 13.9. The van der Waals surface area contributed by atoms with E-state index >= 15 is 0 Å². The van der Waals surface area contributed by atoms with Gasteiger partial charge in [0.25, 0.3) is 5.91 Å². The molecule has 1 aromatic heterocycles. The number of halogens is 1. The van der Waals surface area contributed by atoms with Crippen LogP contribution in [0.1, 0.15) is 23.0 Å². The van der Waals surface area contributed by atoms with Crippen molar-refractivity contribution in [1.82, 2.24) is 5.32 Å². The average Bonchev–Trinajstić information content (AvgIpc) is 3.05. The molecule has 1 amide bonds. The SMILES string of the molecule is COc1ccc(C(=O)NCC(C)(O)c2cc3ccccc3o2)cc1F. The van der Waals surface area contributed by atoms with Crippen molar-refractivity contribution in [1.29, 1.82) is 0 Å². The summed E-state index contributed by atoms with van der Waals surface area (Å²) in [4.78, 5) is 12.2. The second-order valence-electron chi connectivity index (χ2n) is 5.95. The summed E-state index contributed by atoms with van der Waals surface area (Å²) in [7, 11) is 1.35. The second kappa shape index (κ2) is 6.57. The minimum absolute atomic E-state index is 0.0609. The van der Waals surface area contributed by atoms with Crippen LogP contribution in [0.4, 0.5) is 4.39 Å². The van der Waals surface area contributed by atoms with Crippen LogP contribution in [-0.2, 0) is 5.60 Å². The molecule has 1 unspecified atom stereocenters. The van der Waals surface area contributed by atoms with Gasteiger partial charge >= 0.3 is 0 Å². The van der Waals surface area contributed by atoms with Crippen LogP contribution in [0.2, 0.25) is 0 Å². The summed E-state index contributed by atoms with van der Waals surface area (Å²) in [5, 5.41) is 14.1. The predicted molar refractivity (Wildman–Crippen MR) is 91.1 cm³/mol. The van der Waals surface area contributed by atoms with Crippen LogP contribution in [0, 0.1) is 5.82 Å². The first-order valence-corrected chi connectivity index (χ1v) is 7.74. The molecule has 25 heavy (non-hydrogen) atoms. The number of para-hydroxylation sites is 1. The Labute approximate surface area is 144 Å².